The third-order valence-corrected chi connectivity index (χ3v) is 1.61. The number of epoxide rings is 1. The Morgan fingerprint density at radius 2 is 2.15 bits per heavy atom. The Balaban J connectivity index is 1.70. The average molecular weight is 190 g/mol. The molecule has 13 heavy (non-hydrogen) atoms. The Kier molecular flexibility index (Phi) is 4.56. The van der Waals surface area contributed by atoms with Crippen LogP contribution in [-0.2, 0) is 14.2 Å². The van der Waals surface area contributed by atoms with Crippen molar-refractivity contribution in [1.29, 1.82) is 0 Å². The van der Waals surface area contributed by atoms with E-state index < -0.39 is 6.16 Å². The molecule has 0 radical (unpaired) electrons. The Bertz CT molecular complexity index is 155. The number of hydrogen-bond donors (Lipinski definition) is 1. The highest BCUT2D eigenvalue weighted by atomic mass is 16.7. The summed E-state index contributed by atoms with van der Waals surface area (Å²) in [6.07, 6.45) is 0.611. The fourth-order valence-electron chi connectivity index (χ4n) is 0.845. The molecule has 76 valence electrons. The first-order chi connectivity index (χ1) is 6.29. The van der Waals surface area contributed by atoms with Crippen LogP contribution in [0.4, 0.5) is 4.79 Å². The molecule has 1 aliphatic rings. The van der Waals surface area contributed by atoms with Gasteiger partial charge in [-0.15, -0.1) is 0 Å². The molecule has 1 aliphatic heterocycles. The highest BCUT2D eigenvalue weighted by molar-refractivity contribution is 5.56. The molecule has 1 rings (SSSR count). The van der Waals surface area contributed by atoms with Crippen molar-refractivity contribution < 1.29 is 24.1 Å². The molecule has 5 nitrogen and oxygen atoms in total. The minimum absolute atomic E-state index is 0.249. The largest absolute Gasteiger partial charge is 0.505 e. The molecule has 1 N–H and O–H groups in total. The molecular weight excluding hydrogens is 176 g/mol. The summed E-state index contributed by atoms with van der Waals surface area (Å²) < 4.78 is 14.5. The zero-order chi connectivity index (χ0) is 9.52. The van der Waals surface area contributed by atoms with E-state index in [-0.39, 0.29) is 6.61 Å². The van der Waals surface area contributed by atoms with Gasteiger partial charge in [-0.05, 0) is 12.8 Å². The van der Waals surface area contributed by atoms with E-state index in [1.807, 2.05) is 0 Å². The van der Waals surface area contributed by atoms with Gasteiger partial charge in [0.1, 0.15) is 6.10 Å². The van der Waals surface area contributed by atoms with E-state index in [4.69, 9.17) is 14.6 Å². The Morgan fingerprint density at radius 3 is 2.77 bits per heavy atom. The van der Waals surface area contributed by atoms with E-state index >= 15 is 0 Å². The molecule has 1 heterocycles. The molecule has 0 aromatic heterocycles. The Morgan fingerprint density at radius 1 is 1.46 bits per heavy atom. The lowest BCUT2D eigenvalue weighted by Crippen LogP contribution is -2.05. The van der Waals surface area contributed by atoms with Crippen LogP contribution >= 0.6 is 0 Å². The number of carbonyl (C=O) groups is 1. The van der Waals surface area contributed by atoms with Gasteiger partial charge in [-0.25, -0.2) is 4.79 Å². The SMILES string of the molecule is O=C(O)OCCCCOCC1CO1. The van der Waals surface area contributed by atoms with Crippen LogP contribution in [0.15, 0.2) is 0 Å². The quantitative estimate of drug-likeness (QED) is 0.366. The normalized spacial score (nSPS) is 19.8. The van der Waals surface area contributed by atoms with Gasteiger partial charge in [0.25, 0.3) is 0 Å². The zero-order valence-corrected chi connectivity index (χ0v) is 7.40. The van der Waals surface area contributed by atoms with E-state index in [1.54, 1.807) is 0 Å². The molecule has 0 bridgehead atoms. The van der Waals surface area contributed by atoms with E-state index in [0.29, 0.717) is 25.7 Å². The highest BCUT2D eigenvalue weighted by Gasteiger charge is 2.21. The van der Waals surface area contributed by atoms with Gasteiger partial charge in [0.2, 0.25) is 0 Å². The van der Waals surface area contributed by atoms with Gasteiger partial charge in [-0.2, -0.15) is 0 Å². The maximum Gasteiger partial charge on any atom is 0.505 e. The van der Waals surface area contributed by atoms with Gasteiger partial charge >= 0.3 is 6.16 Å². The first-order valence-electron chi connectivity index (χ1n) is 4.34. The summed E-state index contributed by atoms with van der Waals surface area (Å²) in [5.74, 6) is 0. The fourth-order valence-corrected chi connectivity index (χ4v) is 0.845. The van der Waals surface area contributed by atoms with Crippen molar-refractivity contribution in [1.82, 2.24) is 0 Å². The number of unbranched alkanes of at least 4 members (excludes halogenated alkanes) is 1. The summed E-state index contributed by atoms with van der Waals surface area (Å²) in [7, 11) is 0. The number of carboxylic acid groups (broad SMARTS) is 1. The van der Waals surface area contributed by atoms with Crippen LogP contribution in [0.25, 0.3) is 0 Å². The van der Waals surface area contributed by atoms with Gasteiger partial charge in [0, 0.05) is 6.61 Å². The van der Waals surface area contributed by atoms with Crippen LogP contribution in [0.2, 0.25) is 0 Å². The molecular formula is C8H14O5. The predicted molar refractivity (Wildman–Crippen MR) is 43.8 cm³/mol. The summed E-state index contributed by atoms with van der Waals surface area (Å²) in [5.41, 5.74) is 0. The molecule has 1 fully saturated rings. The van der Waals surface area contributed by atoms with E-state index in [2.05, 4.69) is 4.74 Å². The molecule has 0 amide bonds. The van der Waals surface area contributed by atoms with Crippen molar-refractivity contribution in [2.45, 2.75) is 18.9 Å². The third kappa shape index (κ3) is 6.36. The second-order valence-corrected chi connectivity index (χ2v) is 2.85. The van der Waals surface area contributed by atoms with Gasteiger partial charge in [-0.1, -0.05) is 0 Å². The van der Waals surface area contributed by atoms with Crippen molar-refractivity contribution in [3.8, 4) is 0 Å². The van der Waals surface area contributed by atoms with Crippen LogP contribution in [0.5, 0.6) is 0 Å². The molecule has 1 unspecified atom stereocenters. The van der Waals surface area contributed by atoms with Crippen LogP contribution in [0, 0.1) is 0 Å². The van der Waals surface area contributed by atoms with E-state index in [9.17, 15) is 4.79 Å². The summed E-state index contributed by atoms with van der Waals surface area (Å²) in [6.45, 7) is 2.35. The lowest BCUT2D eigenvalue weighted by atomic mass is 10.3. The molecule has 0 spiro atoms. The predicted octanol–water partition coefficient (Wildman–Crippen LogP) is 0.877. The second kappa shape index (κ2) is 5.77. The molecule has 0 aromatic carbocycles. The third-order valence-electron chi connectivity index (χ3n) is 1.61. The Hall–Kier alpha value is -0.810. The molecule has 1 saturated heterocycles. The first-order valence-corrected chi connectivity index (χ1v) is 4.34. The van der Waals surface area contributed by atoms with Crippen molar-refractivity contribution in [2.24, 2.45) is 0 Å². The summed E-state index contributed by atoms with van der Waals surface area (Å²) in [5, 5.41) is 8.13. The van der Waals surface area contributed by atoms with Crippen molar-refractivity contribution in [3.63, 3.8) is 0 Å². The van der Waals surface area contributed by atoms with E-state index in [0.717, 1.165) is 13.0 Å². The van der Waals surface area contributed by atoms with Crippen LogP contribution in [0.3, 0.4) is 0 Å². The molecule has 0 aliphatic carbocycles. The van der Waals surface area contributed by atoms with Crippen LogP contribution in [0.1, 0.15) is 12.8 Å². The summed E-state index contributed by atoms with van der Waals surface area (Å²) >= 11 is 0. The smallest absolute Gasteiger partial charge is 0.450 e. The summed E-state index contributed by atoms with van der Waals surface area (Å²) in [6, 6.07) is 0. The first kappa shape index (κ1) is 10.3. The average Bonchev–Trinajstić information content (AvgIpc) is 2.86. The van der Waals surface area contributed by atoms with Crippen LogP contribution in [-0.4, -0.2) is 43.8 Å². The van der Waals surface area contributed by atoms with Crippen molar-refractivity contribution in [2.75, 3.05) is 26.4 Å². The maximum atomic E-state index is 9.92. The highest BCUT2D eigenvalue weighted by Crippen LogP contribution is 2.08. The Labute approximate surface area is 76.6 Å². The van der Waals surface area contributed by atoms with Crippen molar-refractivity contribution in [3.05, 3.63) is 0 Å². The molecule has 0 saturated carbocycles. The van der Waals surface area contributed by atoms with Gasteiger partial charge in [0.05, 0.1) is 19.8 Å². The lowest BCUT2D eigenvalue weighted by molar-refractivity contribution is 0.0809. The topological polar surface area (TPSA) is 68.3 Å². The second-order valence-electron chi connectivity index (χ2n) is 2.85. The van der Waals surface area contributed by atoms with Gasteiger partial charge in [0.15, 0.2) is 0 Å². The van der Waals surface area contributed by atoms with Gasteiger partial charge < -0.3 is 19.3 Å². The summed E-state index contributed by atoms with van der Waals surface area (Å²) in [4.78, 5) is 9.92. The molecule has 0 aromatic rings. The zero-order valence-electron chi connectivity index (χ0n) is 7.40. The molecule has 1 atom stereocenters. The minimum atomic E-state index is -1.22. The standard InChI is InChI=1S/C8H14O5/c9-8(10)12-4-2-1-3-11-5-7-6-13-7/h7H,1-6H2,(H,9,10). The minimum Gasteiger partial charge on any atom is -0.450 e. The van der Waals surface area contributed by atoms with E-state index in [1.165, 1.54) is 0 Å². The number of hydrogen-bond acceptors (Lipinski definition) is 4. The lowest BCUT2D eigenvalue weighted by Gasteiger charge is -2.01. The number of ether oxygens (including phenoxy) is 3. The van der Waals surface area contributed by atoms with Crippen molar-refractivity contribution >= 4 is 6.16 Å². The van der Waals surface area contributed by atoms with Crippen LogP contribution < -0.4 is 0 Å². The fraction of sp³-hybridized carbons (Fsp3) is 0.875. The number of rotatable bonds is 7. The molecule has 5 heteroatoms. The monoisotopic (exact) mass is 190 g/mol. The van der Waals surface area contributed by atoms with Gasteiger partial charge in [-0.3, -0.25) is 0 Å². The maximum absolute atomic E-state index is 9.92.